The smallest absolute Gasteiger partial charge is 0.244 e. The van der Waals surface area contributed by atoms with Gasteiger partial charge in [0.05, 0.1) is 19.3 Å². The fourth-order valence-corrected chi connectivity index (χ4v) is 1.81. The summed E-state index contributed by atoms with van der Waals surface area (Å²) < 4.78 is 11.6. The van der Waals surface area contributed by atoms with Crippen LogP contribution < -0.4 is 5.73 Å². The molecule has 7 nitrogen and oxygen atoms in total. The van der Waals surface area contributed by atoms with Crippen LogP contribution >= 0.6 is 0 Å². The number of amides is 1. The SMILES string of the molecule is COCCN(C(=O)Cn1ccc(N)n1)C(C)COC. The Labute approximate surface area is 113 Å². The number of hydrogen-bond donors (Lipinski definition) is 1. The van der Waals surface area contributed by atoms with Crippen molar-refractivity contribution in [3.63, 3.8) is 0 Å². The second-order valence-electron chi connectivity index (χ2n) is 4.32. The van der Waals surface area contributed by atoms with Crippen LogP contribution in [-0.2, 0) is 20.8 Å². The minimum atomic E-state index is -0.0373. The van der Waals surface area contributed by atoms with Crippen molar-refractivity contribution in [1.82, 2.24) is 14.7 Å². The zero-order chi connectivity index (χ0) is 14.3. The second kappa shape index (κ2) is 7.75. The van der Waals surface area contributed by atoms with Gasteiger partial charge in [-0.15, -0.1) is 0 Å². The first-order valence-corrected chi connectivity index (χ1v) is 6.14. The summed E-state index contributed by atoms with van der Waals surface area (Å²) in [5.41, 5.74) is 5.52. The molecule has 1 rings (SSSR count). The molecule has 0 aliphatic heterocycles. The number of nitrogen functional groups attached to an aromatic ring is 1. The summed E-state index contributed by atoms with van der Waals surface area (Å²) in [6.07, 6.45) is 1.68. The molecule has 0 aliphatic rings. The van der Waals surface area contributed by atoms with Gasteiger partial charge in [0, 0.05) is 27.0 Å². The predicted octanol–water partition coefficient (Wildman–Crippen LogP) is -0.0248. The molecule has 0 saturated heterocycles. The highest BCUT2D eigenvalue weighted by atomic mass is 16.5. The van der Waals surface area contributed by atoms with Crippen molar-refractivity contribution in [2.24, 2.45) is 0 Å². The molecule has 0 bridgehead atoms. The van der Waals surface area contributed by atoms with E-state index in [9.17, 15) is 4.79 Å². The van der Waals surface area contributed by atoms with Crippen LogP contribution in [0.25, 0.3) is 0 Å². The van der Waals surface area contributed by atoms with Crippen molar-refractivity contribution in [2.45, 2.75) is 19.5 Å². The Kier molecular flexibility index (Phi) is 6.31. The van der Waals surface area contributed by atoms with Gasteiger partial charge in [0.1, 0.15) is 12.4 Å². The van der Waals surface area contributed by atoms with Crippen LogP contribution in [0.15, 0.2) is 12.3 Å². The van der Waals surface area contributed by atoms with E-state index in [1.165, 1.54) is 4.68 Å². The standard InChI is InChI=1S/C12H22N4O3/c1-10(9-19-3)16(6-7-18-2)12(17)8-15-5-4-11(13)14-15/h4-5,10H,6-9H2,1-3H3,(H2,13,14). The molecule has 108 valence electrons. The second-order valence-corrected chi connectivity index (χ2v) is 4.32. The van der Waals surface area contributed by atoms with E-state index in [1.807, 2.05) is 6.92 Å². The molecule has 7 heteroatoms. The number of methoxy groups -OCH3 is 2. The van der Waals surface area contributed by atoms with Gasteiger partial charge in [0.2, 0.25) is 5.91 Å². The fourth-order valence-electron chi connectivity index (χ4n) is 1.81. The summed E-state index contributed by atoms with van der Waals surface area (Å²) in [5.74, 6) is 0.367. The van der Waals surface area contributed by atoms with Crippen molar-refractivity contribution in [1.29, 1.82) is 0 Å². The van der Waals surface area contributed by atoms with Crippen molar-refractivity contribution >= 4 is 11.7 Å². The lowest BCUT2D eigenvalue weighted by atomic mass is 10.3. The van der Waals surface area contributed by atoms with Crippen LogP contribution in [0.1, 0.15) is 6.92 Å². The summed E-state index contributed by atoms with van der Waals surface area (Å²) in [4.78, 5) is 14.0. The number of hydrogen-bond acceptors (Lipinski definition) is 5. The van der Waals surface area contributed by atoms with E-state index in [1.54, 1.807) is 31.4 Å². The molecule has 19 heavy (non-hydrogen) atoms. The number of carbonyl (C=O) groups excluding carboxylic acids is 1. The molecular formula is C12H22N4O3. The Balaban J connectivity index is 2.64. The maximum absolute atomic E-state index is 12.3. The minimum absolute atomic E-state index is 0.0134. The van der Waals surface area contributed by atoms with E-state index in [0.29, 0.717) is 25.6 Å². The Morgan fingerprint density at radius 2 is 2.26 bits per heavy atom. The summed E-state index contributed by atoms with van der Waals surface area (Å²) in [7, 11) is 3.22. The molecular weight excluding hydrogens is 248 g/mol. The first-order chi connectivity index (χ1) is 9.08. The van der Waals surface area contributed by atoms with Gasteiger partial charge in [-0.05, 0) is 13.0 Å². The first kappa shape index (κ1) is 15.5. The highest BCUT2D eigenvalue weighted by molar-refractivity contribution is 5.76. The number of nitrogens with two attached hydrogens (primary N) is 1. The van der Waals surface area contributed by atoms with Crippen LogP contribution in [0.4, 0.5) is 5.82 Å². The highest BCUT2D eigenvalue weighted by Crippen LogP contribution is 2.04. The van der Waals surface area contributed by atoms with Gasteiger partial charge in [-0.3, -0.25) is 9.48 Å². The van der Waals surface area contributed by atoms with E-state index in [2.05, 4.69) is 5.10 Å². The summed E-state index contributed by atoms with van der Waals surface area (Å²) in [5, 5.41) is 4.00. The topological polar surface area (TPSA) is 82.6 Å². The Hall–Kier alpha value is -1.60. The zero-order valence-electron chi connectivity index (χ0n) is 11.7. The number of carbonyl (C=O) groups is 1. The summed E-state index contributed by atoms with van der Waals surface area (Å²) in [6.45, 7) is 3.60. The molecule has 1 aromatic heterocycles. The highest BCUT2D eigenvalue weighted by Gasteiger charge is 2.20. The third kappa shape index (κ3) is 4.88. The quantitative estimate of drug-likeness (QED) is 0.717. The lowest BCUT2D eigenvalue weighted by molar-refractivity contribution is -0.135. The molecule has 0 radical (unpaired) electrons. The van der Waals surface area contributed by atoms with Crippen LogP contribution in [0.2, 0.25) is 0 Å². The Morgan fingerprint density at radius 1 is 1.53 bits per heavy atom. The average Bonchev–Trinajstić information content (AvgIpc) is 2.75. The van der Waals surface area contributed by atoms with Crippen LogP contribution in [0.3, 0.4) is 0 Å². The van der Waals surface area contributed by atoms with Gasteiger partial charge in [0.25, 0.3) is 0 Å². The molecule has 0 fully saturated rings. The summed E-state index contributed by atoms with van der Waals surface area (Å²) >= 11 is 0. The van der Waals surface area contributed by atoms with Gasteiger partial charge in [-0.1, -0.05) is 0 Å². The van der Waals surface area contributed by atoms with E-state index in [-0.39, 0.29) is 18.5 Å². The molecule has 0 aliphatic carbocycles. The lowest BCUT2D eigenvalue weighted by Crippen LogP contribution is -2.44. The predicted molar refractivity (Wildman–Crippen MR) is 71.6 cm³/mol. The van der Waals surface area contributed by atoms with Crippen molar-refractivity contribution in [2.75, 3.05) is 39.7 Å². The molecule has 1 unspecified atom stereocenters. The van der Waals surface area contributed by atoms with Gasteiger partial charge >= 0.3 is 0 Å². The monoisotopic (exact) mass is 270 g/mol. The molecule has 1 amide bonds. The van der Waals surface area contributed by atoms with E-state index in [0.717, 1.165) is 0 Å². The van der Waals surface area contributed by atoms with Crippen molar-refractivity contribution in [3.05, 3.63) is 12.3 Å². The Bertz CT molecular complexity index is 394. The van der Waals surface area contributed by atoms with Gasteiger partial charge < -0.3 is 20.1 Å². The van der Waals surface area contributed by atoms with Crippen molar-refractivity contribution in [3.8, 4) is 0 Å². The number of ether oxygens (including phenoxy) is 2. The maximum Gasteiger partial charge on any atom is 0.244 e. The number of rotatable bonds is 8. The van der Waals surface area contributed by atoms with Crippen LogP contribution in [0, 0.1) is 0 Å². The van der Waals surface area contributed by atoms with Crippen molar-refractivity contribution < 1.29 is 14.3 Å². The molecule has 1 heterocycles. The molecule has 0 aromatic carbocycles. The summed E-state index contributed by atoms with van der Waals surface area (Å²) in [6, 6.07) is 1.64. The van der Waals surface area contributed by atoms with E-state index >= 15 is 0 Å². The van der Waals surface area contributed by atoms with Crippen LogP contribution in [-0.4, -0.2) is 60.6 Å². The van der Waals surface area contributed by atoms with E-state index < -0.39 is 0 Å². The number of aromatic nitrogens is 2. The molecule has 0 spiro atoms. The Morgan fingerprint density at radius 3 is 2.79 bits per heavy atom. The molecule has 1 atom stereocenters. The van der Waals surface area contributed by atoms with E-state index in [4.69, 9.17) is 15.2 Å². The molecule has 2 N–H and O–H groups in total. The fraction of sp³-hybridized carbons (Fsp3) is 0.667. The largest absolute Gasteiger partial charge is 0.383 e. The number of nitrogens with zero attached hydrogens (tertiary/aromatic N) is 3. The zero-order valence-corrected chi connectivity index (χ0v) is 11.7. The van der Waals surface area contributed by atoms with Gasteiger partial charge in [-0.25, -0.2) is 0 Å². The maximum atomic E-state index is 12.3. The lowest BCUT2D eigenvalue weighted by Gasteiger charge is -2.28. The minimum Gasteiger partial charge on any atom is -0.383 e. The third-order valence-electron chi connectivity index (χ3n) is 2.76. The third-order valence-corrected chi connectivity index (χ3v) is 2.76. The van der Waals surface area contributed by atoms with Gasteiger partial charge in [-0.2, -0.15) is 5.10 Å². The number of anilines is 1. The van der Waals surface area contributed by atoms with Gasteiger partial charge in [0.15, 0.2) is 0 Å². The molecule has 0 saturated carbocycles. The first-order valence-electron chi connectivity index (χ1n) is 6.14. The normalized spacial score (nSPS) is 12.4. The molecule has 1 aromatic rings. The average molecular weight is 270 g/mol. The van der Waals surface area contributed by atoms with Crippen LogP contribution in [0.5, 0.6) is 0 Å².